The summed E-state index contributed by atoms with van der Waals surface area (Å²) in [6, 6.07) is 26.0. The molecule has 0 aliphatic carbocycles. The molecule has 0 unspecified atom stereocenters. The van der Waals surface area contributed by atoms with Crippen molar-refractivity contribution in [2.24, 2.45) is 0 Å². The quantitative estimate of drug-likeness (QED) is 0.462. The number of para-hydroxylation sites is 1. The minimum Gasteiger partial charge on any atom is -0.488 e. The van der Waals surface area contributed by atoms with Gasteiger partial charge in [-0.25, -0.2) is 0 Å². The van der Waals surface area contributed by atoms with Crippen LogP contribution < -0.4 is 10.1 Å². The highest BCUT2D eigenvalue weighted by Gasteiger charge is 2.11. The van der Waals surface area contributed by atoms with E-state index in [9.17, 15) is 4.79 Å². The molecule has 0 bridgehead atoms. The summed E-state index contributed by atoms with van der Waals surface area (Å²) in [5.41, 5.74) is 4.12. The zero-order chi connectivity index (χ0) is 20.1. The van der Waals surface area contributed by atoms with Gasteiger partial charge in [0, 0.05) is 17.3 Å². The van der Waals surface area contributed by atoms with Gasteiger partial charge in [0.2, 0.25) is 5.91 Å². The number of amides is 1. The van der Waals surface area contributed by atoms with E-state index in [4.69, 9.17) is 4.74 Å². The van der Waals surface area contributed by atoms with Crippen molar-refractivity contribution in [3.63, 3.8) is 0 Å². The molecule has 1 heterocycles. The molecule has 4 heteroatoms. The van der Waals surface area contributed by atoms with Crippen LogP contribution in [0.2, 0.25) is 0 Å². The van der Waals surface area contributed by atoms with E-state index >= 15 is 0 Å². The summed E-state index contributed by atoms with van der Waals surface area (Å²) in [6.07, 6.45) is 2.82. The predicted molar refractivity (Wildman–Crippen MR) is 117 cm³/mol. The fourth-order valence-corrected chi connectivity index (χ4v) is 3.49. The largest absolute Gasteiger partial charge is 0.488 e. The minimum atomic E-state index is -0.0426. The number of fused-ring (bicyclic) bond motifs is 1. The molecule has 1 aromatic heterocycles. The van der Waals surface area contributed by atoms with Gasteiger partial charge in [0.1, 0.15) is 18.9 Å². The van der Waals surface area contributed by atoms with Crippen LogP contribution >= 0.6 is 0 Å². The van der Waals surface area contributed by atoms with Gasteiger partial charge in [-0.2, -0.15) is 0 Å². The minimum absolute atomic E-state index is 0.0426. The summed E-state index contributed by atoms with van der Waals surface area (Å²) >= 11 is 0. The number of nitrogens with zero attached hydrogens (tertiary/aromatic N) is 1. The maximum absolute atomic E-state index is 12.6. The van der Waals surface area contributed by atoms with Gasteiger partial charge in [-0.1, -0.05) is 61.5 Å². The fourth-order valence-electron chi connectivity index (χ4n) is 3.49. The molecule has 3 aromatic carbocycles. The van der Waals surface area contributed by atoms with Gasteiger partial charge in [-0.3, -0.25) is 4.79 Å². The number of carbonyl (C=O) groups is 1. The summed E-state index contributed by atoms with van der Waals surface area (Å²) in [7, 11) is 0. The molecule has 0 fully saturated rings. The van der Waals surface area contributed by atoms with E-state index in [-0.39, 0.29) is 12.5 Å². The fraction of sp³-hybridized carbons (Fsp3) is 0.160. The Morgan fingerprint density at radius 3 is 2.55 bits per heavy atom. The summed E-state index contributed by atoms with van der Waals surface area (Å²) in [6.45, 7) is 2.85. The third kappa shape index (κ3) is 4.32. The average Bonchev–Trinajstić information content (AvgIpc) is 3.16. The standard InChI is InChI=1S/C25H24N2O2/c1-2-20-11-6-7-12-22(20)26-25(28)17-27-16-15-21-23(27)13-8-14-24(21)29-18-19-9-4-3-5-10-19/h3-16H,2,17-18H2,1H3,(H,26,28). The van der Waals surface area contributed by atoms with Crippen LogP contribution in [-0.2, 0) is 24.4 Å². The number of hydrogen-bond donors (Lipinski definition) is 1. The van der Waals surface area contributed by atoms with E-state index in [0.717, 1.165) is 39.9 Å². The van der Waals surface area contributed by atoms with E-state index in [1.54, 1.807) is 0 Å². The first-order valence-electron chi connectivity index (χ1n) is 9.87. The Hall–Kier alpha value is -3.53. The Morgan fingerprint density at radius 1 is 0.931 bits per heavy atom. The molecule has 1 N–H and O–H groups in total. The molecular weight excluding hydrogens is 360 g/mol. The Bertz CT molecular complexity index is 1120. The van der Waals surface area contributed by atoms with Crippen molar-refractivity contribution in [1.29, 1.82) is 0 Å². The highest BCUT2D eigenvalue weighted by Crippen LogP contribution is 2.27. The van der Waals surface area contributed by atoms with Gasteiger partial charge in [0.15, 0.2) is 0 Å². The number of carbonyl (C=O) groups excluding carboxylic acids is 1. The zero-order valence-corrected chi connectivity index (χ0v) is 16.5. The van der Waals surface area contributed by atoms with Crippen molar-refractivity contribution >= 4 is 22.5 Å². The molecule has 146 valence electrons. The van der Waals surface area contributed by atoms with Crippen LogP contribution in [0.5, 0.6) is 5.75 Å². The summed E-state index contributed by atoms with van der Waals surface area (Å²) in [5, 5.41) is 4.04. The van der Waals surface area contributed by atoms with E-state index in [1.807, 2.05) is 89.6 Å². The monoisotopic (exact) mass is 384 g/mol. The number of nitrogens with one attached hydrogen (secondary N) is 1. The molecule has 4 rings (SSSR count). The number of aromatic nitrogens is 1. The molecule has 0 aliphatic rings. The van der Waals surface area contributed by atoms with Gasteiger partial charge in [0.05, 0.1) is 5.52 Å². The van der Waals surface area contributed by atoms with Gasteiger partial charge >= 0.3 is 0 Å². The predicted octanol–water partition coefficient (Wildman–Crippen LogP) is 5.42. The molecule has 0 atom stereocenters. The first-order valence-corrected chi connectivity index (χ1v) is 9.87. The third-order valence-corrected chi connectivity index (χ3v) is 5.00. The molecular formula is C25H24N2O2. The lowest BCUT2D eigenvalue weighted by molar-refractivity contribution is -0.116. The maximum Gasteiger partial charge on any atom is 0.244 e. The first-order chi connectivity index (χ1) is 14.2. The van der Waals surface area contributed by atoms with Crippen LogP contribution in [0, 0.1) is 0 Å². The highest BCUT2D eigenvalue weighted by atomic mass is 16.5. The van der Waals surface area contributed by atoms with Crippen molar-refractivity contribution in [1.82, 2.24) is 4.57 Å². The number of rotatable bonds is 7. The first kappa shape index (κ1) is 18.8. The lowest BCUT2D eigenvalue weighted by Gasteiger charge is -2.11. The summed E-state index contributed by atoms with van der Waals surface area (Å²) < 4.78 is 7.99. The van der Waals surface area contributed by atoms with Crippen LogP contribution in [-0.4, -0.2) is 10.5 Å². The van der Waals surface area contributed by atoms with Crippen molar-refractivity contribution in [3.05, 3.63) is 96.2 Å². The second kappa shape index (κ2) is 8.65. The molecule has 0 aliphatic heterocycles. The molecule has 4 aromatic rings. The Balaban J connectivity index is 1.49. The Kier molecular flexibility index (Phi) is 5.61. The van der Waals surface area contributed by atoms with Crippen LogP contribution in [0.4, 0.5) is 5.69 Å². The molecule has 4 nitrogen and oxygen atoms in total. The third-order valence-electron chi connectivity index (χ3n) is 5.00. The number of anilines is 1. The topological polar surface area (TPSA) is 43.3 Å². The van der Waals surface area contributed by atoms with Crippen LogP contribution in [0.25, 0.3) is 10.9 Å². The van der Waals surface area contributed by atoms with Gasteiger partial charge < -0.3 is 14.6 Å². The number of hydrogen-bond acceptors (Lipinski definition) is 2. The smallest absolute Gasteiger partial charge is 0.244 e. The van der Waals surface area contributed by atoms with E-state index in [0.29, 0.717) is 6.61 Å². The van der Waals surface area contributed by atoms with E-state index in [2.05, 4.69) is 12.2 Å². The lowest BCUT2D eigenvalue weighted by Crippen LogP contribution is -2.19. The lowest BCUT2D eigenvalue weighted by atomic mass is 10.1. The van der Waals surface area contributed by atoms with E-state index < -0.39 is 0 Å². The van der Waals surface area contributed by atoms with Crippen molar-refractivity contribution in [3.8, 4) is 5.75 Å². The second-order valence-corrected chi connectivity index (χ2v) is 6.97. The second-order valence-electron chi connectivity index (χ2n) is 6.97. The summed E-state index contributed by atoms with van der Waals surface area (Å²) in [4.78, 5) is 12.6. The van der Waals surface area contributed by atoms with E-state index in [1.165, 1.54) is 0 Å². The number of ether oxygens (including phenoxy) is 1. The zero-order valence-electron chi connectivity index (χ0n) is 16.5. The Labute approximate surface area is 170 Å². The molecule has 1 amide bonds. The van der Waals surface area contributed by atoms with Gasteiger partial charge in [-0.15, -0.1) is 0 Å². The summed E-state index contributed by atoms with van der Waals surface area (Å²) in [5.74, 6) is 0.779. The Morgan fingerprint density at radius 2 is 1.72 bits per heavy atom. The van der Waals surface area contributed by atoms with Gasteiger partial charge in [-0.05, 0) is 41.8 Å². The van der Waals surface area contributed by atoms with Crippen LogP contribution in [0.15, 0.2) is 85.1 Å². The molecule has 0 spiro atoms. The van der Waals surface area contributed by atoms with Gasteiger partial charge in [0.25, 0.3) is 0 Å². The van der Waals surface area contributed by atoms with Crippen molar-refractivity contribution in [2.75, 3.05) is 5.32 Å². The number of benzene rings is 3. The molecule has 29 heavy (non-hydrogen) atoms. The van der Waals surface area contributed by atoms with Crippen molar-refractivity contribution < 1.29 is 9.53 Å². The molecule has 0 saturated heterocycles. The normalized spacial score (nSPS) is 10.8. The van der Waals surface area contributed by atoms with Crippen molar-refractivity contribution in [2.45, 2.75) is 26.5 Å². The molecule has 0 saturated carbocycles. The molecule has 0 radical (unpaired) electrons. The number of aryl methyl sites for hydroxylation is 1. The highest BCUT2D eigenvalue weighted by molar-refractivity contribution is 5.93. The van der Waals surface area contributed by atoms with Crippen LogP contribution in [0.3, 0.4) is 0 Å². The average molecular weight is 384 g/mol. The van der Waals surface area contributed by atoms with Crippen LogP contribution in [0.1, 0.15) is 18.1 Å². The maximum atomic E-state index is 12.6. The SMILES string of the molecule is CCc1ccccc1NC(=O)Cn1ccc2c(OCc3ccccc3)cccc21.